The van der Waals surface area contributed by atoms with Crippen molar-refractivity contribution in [2.24, 2.45) is 11.7 Å². The predicted molar refractivity (Wildman–Crippen MR) is 70.1 cm³/mol. The van der Waals surface area contributed by atoms with Gasteiger partial charge in [-0.05, 0) is 34.8 Å². The van der Waals surface area contributed by atoms with Crippen molar-refractivity contribution in [3.63, 3.8) is 0 Å². The zero-order valence-electron chi connectivity index (χ0n) is 9.60. The maximum absolute atomic E-state index is 13.5. The summed E-state index contributed by atoms with van der Waals surface area (Å²) in [5, 5.41) is 11.0. The van der Waals surface area contributed by atoms with Crippen LogP contribution in [0.15, 0.2) is 16.6 Å². The summed E-state index contributed by atoms with van der Waals surface area (Å²) in [6, 6.07) is 2.42. The van der Waals surface area contributed by atoms with Crippen LogP contribution in [0.1, 0.15) is 6.42 Å². The van der Waals surface area contributed by atoms with Crippen LogP contribution in [0.3, 0.4) is 0 Å². The Morgan fingerprint density at radius 3 is 2.89 bits per heavy atom. The summed E-state index contributed by atoms with van der Waals surface area (Å²) in [4.78, 5) is 12.3. The molecule has 5 nitrogen and oxygen atoms in total. The summed E-state index contributed by atoms with van der Waals surface area (Å²) in [5.41, 5.74) is 5.83. The molecule has 1 atom stereocenters. The minimum absolute atomic E-state index is 0.0825. The molecule has 0 saturated carbocycles. The lowest BCUT2D eigenvalue weighted by atomic mass is 10.1. The number of halogens is 2. The fourth-order valence-corrected chi connectivity index (χ4v) is 2.50. The molecule has 7 heteroatoms. The number of hydrogen-bond acceptors (Lipinski definition) is 4. The summed E-state index contributed by atoms with van der Waals surface area (Å²) >= 11 is 2.96. The summed E-state index contributed by atoms with van der Waals surface area (Å²) in [5.74, 6) is -0.178. The molecule has 2 N–H and O–H groups in total. The van der Waals surface area contributed by atoms with Crippen LogP contribution in [0.5, 0.6) is 0 Å². The highest BCUT2D eigenvalue weighted by atomic mass is 79.9. The van der Waals surface area contributed by atoms with Crippen LogP contribution in [0, 0.1) is 21.8 Å². The van der Waals surface area contributed by atoms with Gasteiger partial charge in [0.2, 0.25) is 0 Å². The Hall–Kier alpha value is -1.21. The first-order valence-electron chi connectivity index (χ1n) is 5.61. The average molecular weight is 318 g/mol. The van der Waals surface area contributed by atoms with Crippen molar-refractivity contribution < 1.29 is 9.31 Å². The molecule has 1 heterocycles. The molecule has 1 aliphatic heterocycles. The largest absolute Gasteiger partial charge is 0.366 e. The van der Waals surface area contributed by atoms with E-state index in [4.69, 9.17) is 5.73 Å². The van der Waals surface area contributed by atoms with Gasteiger partial charge in [0.25, 0.3) is 5.69 Å². The maximum atomic E-state index is 13.5. The van der Waals surface area contributed by atoms with Crippen LogP contribution in [-0.4, -0.2) is 24.6 Å². The molecule has 1 aliphatic rings. The molecule has 0 aromatic heterocycles. The van der Waals surface area contributed by atoms with Crippen molar-refractivity contribution in [2.45, 2.75) is 6.42 Å². The van der Waals surface area contributed by atoms with Gasteiger partial charge in [-0.1, -0.05) is 0 Å². The van der Waals surface area contributed by atoms with Crippen molar-refractivity contribution >= 4 is 27.3 Å². The molecular formula is C11H13BrFN3O2. The highest BCUT2D eigenvalue weighted by Gasteiger charge is 2.28. The standard InChI is InChI=1S/C11H13BrFN3O2/c12-8-3-11(16(17)18)10(4-9(8)13)15-2-1-7(5-14)6-15/h3-4,7H,1-2,5-6,14H2. The summed E-state index contributed by atoms with van der Waals surface area (Å²) in [6.45, 7) is 1.85. The van der Waals surface area contributed by atoms with E-state index in [9.17, 15) is 14.5 Å². The van der Waals surface area contributed by atoms with E-state index in [1.807, 2.05) is 4.90 Å². The first-order chi connectivity index (χ1) is 8.52. The second-order valence-electron chi connectivity index (χ2n) is 4.35. The van der Waals surface area contributed by atoms with Gasteiger partial charge < -0.3 is 10.6 Å². The summed E-state index contributed by atoms with van der Waals surface area (Å²) < 4.78 is 13.6. The van der Waals surface area contributed by atoms with E-state index in [1.165, 1.54) is 12.1 Å². The van der Waals surface area contributed by atoms with E-state index >= 15 is 0 Å². The maximum Gasteiger partial charge on any atom is 0.293 e. The normalized spacial score (nSPS) is 19.3. The van der Waals surface area contributed by atoms with E-state index in [1.54, 1.807) is 0 Å². The molecular weight excluding hydrogens is 305 g/mol. The second-order valence-corrected chi connectivity index (χ2v) is 5.20. The Balaban J connectivity index is 2.37. The first kappa shape index (κ1) is 13.2. The lowest BCUT2D eigenvalue weighted by Crippen LogP contribution is -2.23. The van der Waals surface area contributed by atoms with Gasteiger partial charge in [-0.15, -0.1) is 0 Å². The number of benzene rings is 1. The minimum atomic E-state index is -0.494. The lowest BCUT2D eigenvalue weighted by Gasteiger charge is -2.18. The third-order valence-electron chi connectivity index (χ3n) is 3.17. The molecule has 1 saturated heterocycles. The Morgan fingerprint density at radius 1 is 1.61 bits per heavy atom. The SMILES string of the molecule is NCC1CCN(c2cc(F)c(Br)cc2[N+](=O)[O-])C1. The number of nitro benzene ring substituents is 1. The van der Waals surface area contributed by atoms with Gasteiger partial charge in [0, 0.05) is 25.2 Å². The van der Waals surface area contributed by atoms with Crippen LogP contribution in [-0.2, 0) is 0 Å². The van der Waals surface area contributed by atoms with E-state index in [2.05, 4.69) is 15.9 Å². The van der Waals surface area contributed by atoms with Gasteiger partial charge >= 0.3 is 0 Å². The molecule has 98 valence electrons. The summed E-state index contributed by atoms with van der Waals surface area (Å²) in [6.07, 6.45) is 0.880. The highest BCUT2D eigenvalue weighted by molar-refractivity contribution is 9.10. The van der Waals surface area contributed by atoms with Crippen LogP contribution in [0.4, 0.5) is 15.8 Å². The Labute approximate surface area is 112 Å². The van der Waals surface area contributed by atoms with E-state index in [0.29, 0.717) is 31.2 Å². The van der Waals surface area contributed by atoms with Crippen molar-refractivity contribution in [2.75, 3.05) is 24.5 Å². The van der Waals surface area contributed by atoms with Crippen LogP contribution in [0.25, 0.3) is 0 Å². The molecule has 18 heavy (non-hydrogen) atoms. The number of hydrogen-bond donors (Lipinski definition) is 1. The summed E-state index contributed by atoms with van der Waals surface area (Å²) in [7, 11) is 0. The molecule has 1 aromatic carbocycles. The quantitative estimate of drug-likeness (QED) is 0.685. The zero-order chi connectivity index (χ0) is 13.3. The first-order valence-corrected chi connectivity index (χ1v) is 6.40. The number of nitro groups is 1. The molecule has 0 aliphatic carbocycles. The monoisotopic (exact) mass is 317 g/mol. The Bertz CT molecular complexity index is 484. The topological polar surface area (TPSA) is 72.4 Å². The number of rotatable bonds is 3. The Kier molecular flexibility index (Phi) is 3.82. The van der Waals surface area contributed by atoms with Crippen LogP contribution >= 0.6 is 15.9 Å². The molecule has 1 aromatic rings. The van der Waals surface area contributed by atoms with Gasteiger partial charge in [-0.3, -0.25) is 10.1 Å². The van der Waals surface area contributed by atoms with Gasteiger partial charge in [0.15, 0.2) is 0 Å². The van der Waals surface area contributed by atoms with Crippen molar-refractivity contribution in [3.05, 3.63) is 32.5 Å². The fourth-order valence-electron chi connectivity index (χ4n) is 2.17. The third kappa shape index (κ3) is 2.46. The van der Waals surface area contributed by atoms with E-state index in [0.717, 1.165) is 6.42 Å². The van der Waals surface area contributed by atoms with Gasteiger partial charge in [-0.25, -0.2) is 4.39 Å². The van der Waals surface area contributed by atoms with Crippen LogP contribution in [0.2, 0.25) is 0 Å². The van der Waals surface area contributed by atoms with E-state index in [-0.39, 0.29) is 10.2 Å². The van der Waals surface area contributed by atoms with Crippen LogP contribution < -0.4 is 10.6 Å². The number of nitrogens with two attached hydrogens (primary N) is 1. The van der Waals surface area contributed by atoms with Gasteiger partial charge in [0.1, 0.15) is 11.5 Å². The fraction of sp³-hybridized carbons (Fsp3) is 0.455. The second kappa shape index (κ2) is 5.19. The molecule has 0 amide bonds. The smallest absolute Gasteiger partial charge is 0.293 e. The molecule has 0 bridgehead atoms. The van der Waals surface area contributed by atoms with Crippen molar-refractivity contribution in [1.82, 2.24) is 0 Å². The molecule has 0 radical (unpaired) electrons. The molecule has 0 spiro atoms. The Morgan fingerprint density at radius 2 is 2.33 bits per heavy atom. The van der Waals surface area contributed by atoms with Crippen molar-refractivity contribution in [1.29, 1.82) is 0 Å². The van der Waals surface area contributed by atoms with Gasteiger partial charge in [0.05, 0.1) is 9.40 Å². The molecule has 2 rings (SSSR count). The van der Waals surface area contributed by atoms with E-state index < -0.39 is 10.7 Å². The molecule has 1 fully saturated rings. The third-order valence-corrected chi connectivity index (χ3v) is 3.78. The van der Waals surface area contributed by atoms with Crippen molar-refractivity contribution in [3.8, 4) is 0 Å². The molecule has 1 unspecified atom stereocenters. The highest BCUT2D eigenvalue weighted by Crippen LogP contribution is 2.35. The van der Waals surface area contributed by atoms with Gasteiger partial charge in [-0.2, -0.15) is 0 Å². The average Bonchev–Trinajstić information content (AvgIpc) is 2.80. The zero-order valence-corrected chi connectivity index (χ0v) is 11.2. The lowest BCUT2D eigenvalue weighted by molar-refractivity contribution is -0.384. The number of anilines is 1. The predicted octanol–water partition coefficient (Wildman–Crippen LogP) is 2.28. The number of nitrogens with zero attached hydrogens (tertiary/aromatic N) is 2. The minimum Gasteiger partial charge on any atom is -0.366 e.